The minimum atomic E-state index is -0.592. The third-order valence-electron chi connectivity index (χ3n) is 4.04. The monoisotopic (exact) mass is 263 g/mol. The van der Waals surface area contributed by atoms with E-state index in [-0.39, 0.29) is 11.7 Å². The molecule has 0 bridgehead atoms. The van der Waals surface area contributed by atoms with E-state index >= 15 is 0 Å². The van der Waals surface area contributed by atoms with Gasteiger partial charge < -0.3 is 4.90 Å². The van der Waals surface area contributed by atoms with Crippen molar-refractivity contribution in [3.05, 3.63) is 35.6 Å². The predicted molar refractivity (Wildman–Crippen MR) is 74.4 cm³/mol. The number of carbonyl (C=O) groups excluding carboxylic acids is 1. The van der Waals surface area contributed by atoms with Crippen molar-refractivity contribution in [3.63, 3.8) is 0 Å². The number of rotatable bonds is 2. The Morgan fingerprint density at radius 1 is 1.32 bits per heavy atom. The first-order valence-corrected chi connectivity index (χ1v) is 6.96. The van der Waals surface area contributed by atoms with E-state index in [1.807, 2.05) is 18.7 Å². The second-order valence-electron chi connectivity index (χ2n) is 6.13. The Bertz CT molecular complexity index is 452. The molecule has 1 aromatic carbocycles. The zero-order valence-corrected chi connectivity index (χ0v) is 11.9. The minimum Gasteiger partial charge on any atom is -0.342 e. The van der Waals surface area contributed by atoms with Gasteiger partial charge in [0.25, 0.3) is 0 Å². The van der Waals surface area contributed by atoms with Crippen molar-refractivity contribution < 1.29 is 9.18 Å². The zero-order chi connectivity index (χ0) is 14.0. The number of hydrogen-bond donors (Lipinski definition) is 0. The van der Waals surface area contributed by atoms with Crippen LogP contribution in [0.3, 0.4) is 0 Å². The molecule has 0 radical (unpaired) electrons. The summed E-state index contributed by atoms with van der Waals surface area (Å²) in [6.07, 6.45) is 2.27. The molecule has 3 heteroatoms. The van der Waals surface area contributed by atoms with Gasteiger partial charge in [0.2, 0.25) is 5.91 Å². The summed E-state index contributed by atoms with van der Waals surface area (Å²) in [6, 6.07) is 6.26. The largest absolute Gasteiger partial charge is 0.342 e. The van der Waals surface area contributed by atoms with Crippen molar-refractivity contribution in [2.24, 2.45) is 5.92 Å². The number of nitrogens with zero attached hydrogens (tertiary/aromatic N) is 1. The molecule has 1 heterocycles. The van der Waals surface area contributed by atoms with Gasteiger partial charge in [0.1, 0.15) is 5.82 Å². The van der Waals surface area contributed by atoms with Gasteiger partial charge in [-0.05, 0) is 50.3 Å². The van der Waals surface area contributed by atoms with Gasteiger partial charge in [-0.15, -0.1) is 0 Å². The molecule has 0 N–H and O–H groups in total. The van der Waals surface area contributed by atoms with Crippen LogP contribution in [0.4, 0.5) is 4.39 Å². The fraction of sp³-hybridized carbons (Fsp3) is 0.562. The van der Waals surface area contributed by atoms with E-state index in [2.05, 4.69) is 6.92 Å². The average molecular weight is 263 g/mol. The smallest absolute Gasteiger partial charge is 0.232 e. The molecule has 2 rings (SSSR count). The number of piperidine rings is 1. The van der Waals surface area contributed by atoms with Crippen LogP contribution in [-0.2, 0) is 10.2 Å². The van der Waals surface area contributed by atoms with E-state index in [1.54, 1.807) is 12.1 Å². The van der Waals surface area contributed by atoms with Crippen molar-refractivity contribution in [2.45, 2.75) is 39.0 Å². The molecule has 1 aromatic rings. The first-order chi connectivity index (χ1) is 8.91. The SMILES string of the molecule is CC1CCCN(C(=O)C(C)(C)c2ccc(F)cc2)C1. The fourth-order valence-corrected chi connectivity index (χ4v) is 2.76. The lowest BCUT2D eigenvalue weighted by molar-refractivity contribution is -0.138. The summed E-state index contributed by atoms with van der Waals surface area (Å²) in [5, 5.41) is 0. The van der Waals surface area contributed by atoms with Gasteiger partial charge >= 0.3 is 0 Å². The minimum absolute atomic E-state index is 0.144. The number of amides is 1. The number of carbonyl (C=O) groups is 1. The molecular weight excluding hydrogens is 241 g/mol. The third kappa shape index (κ3) is 2.96. The number of likely N-dealkylation sites (tertiary alicyclic amines) is 1. The van der Waals surface area contributed by atoms with Gasteiger partial charge in [0.15, 0.2) is 0 Å². The maximum atomic E-state index is 13.0. The van der Waals surface area contributed by atoms with Crippen molar-refractivity contribution >= 4 is 5.91 Å². The van der Waals surface area contributed by atoms with Gasteiger partial charge in [-0.3, -0.25) is 4.79 Å². The van der Waals surface area contributed by atoms with E-state index in [0.29, 0.717) is 5.92 Å². The maximum Gasteiger partial charge on any atom is 0.232 e. The molecule has 1 aliphatic heterocycles. The Morgan fingerprint density at radius 3 is 2.53 bits per heavy atom. The molecule has 2 nitrogen and oxygen atoms in total. The van der Waals surface area contributed by atoms with Gasteiger partial charge in [0, 0.05) is 13.1 Å². The fourth-order valence-electron chi connectivity index (χ4n) is 2.76. The van der Waals surface area contributed by atoms with Crippen molar-refractivity contribution in [1.82, 2.24) is 4.90 Å². The highest BCUT2D eigenvalue weighted by Crippen LogP contribution is 2.28. The van der Waals surface area contributed by atoms with Crippen molar-refractivity contribution in [1.29, 1.82) is 0 Å². The first-order valence-electron chi connectivity index (χ1n) is 6.96. The van der Waals surface area contributed by atoms with Crippen LogP contribution in [0.1, 0.15) is 39.2 Å². The van der Waals surface area contributed by atoms with Crippen LogP contribution in [0.5, 0.6) is 0 Å². The quantitative estimate of drug-likeness (QED) is 0.801. The Hall–Kier alpha value is -1.38. The molecule has 19 heavy (non-hydrogen) atoms. The highest BCUT2D eigenvalue weighted by molar-refractivity contribution is 5.87. The standard InChI is InChI=1S/C16H22FNO/c1-12-5-4-10-18(11-12)15(19)16(2,3)13-6-8-14(17)9-7-13/h6-9,12H,4-5,10-11H2,1-3H3. The van der Waals surface area contributed by atoms with Crippen LogP contribution < -0.4 is 0 Å². The molecular formula is C16H22FNO. The van der Waals surface area contributed by atoms with Crippen LogP contribution >= 0.6 is 0 Å². The summed E-state index contributed by atoms with van der Waals surface area (Å²) in [6.45, 7) is 7.70. The molecule has 1 atom stereocenters. The molecule has 1 fully saturated rings. The normalized spacial score (nSPS) is 20.4. The van der Waals surface area contributed by atoms with E-state index in [1.165, 1.54) is 18.6 Å². The molecule has 0 aliphatic carbocycles. The number of benzene rings is 1. The summed E-state index contributed by atoms with van der Waals surface area (Å²) < 4.78 is 13.0. The molecule has 1 saturated heterocycles. The van der Waals surface area contributed by atoms with Crippen LogP contribution in [-0.4, -0.2) is 23.9 Å². The lowest BCUT2D eigenvalue weighted by Gasteiger charge is -2.37. The summed E-state index contributed by atoms with van der Waals surface area (Å²) in [5.74, 6) is 0.450. The third-order valence-corrected chi connectivity index (χ3v) is 4.04. The summed E-state index contributed by atoms with van der Waals surface area (Å²) >= 11 is 0. The Morgan fingerprint density at radius 2 is 1.95 bits per heavy atom. The van der Waals surface area contributed by atoms with E-state index in [9.17, 15) is 9.18 Å². The van der Waals surface area contributed by atoms with Crippen LogP contribution in [0.25, 0.3) is 0 Å². The summed E-state index contributed by atoms with van der Waals surface area (Å²) in [4.78, 5) is 14.6. The molecule has 1 unspecified atom stereocenters. The van der Waals surface area contributed by atoms with Gasteiger partial charge in [-0.1, -0.05) is 19.1 Å². The molecule has 0 saturated carbocycles. The lowest BCUT2D eigenvalue weighted by atomic mass is 9.82. The Labute approximate surface area is 114 Å². The second kappa shape index (κ2) is 5.32. The number of hydrogen-bond acceptors (Lipinski definition) is 1. The van der Waals surface area contributed by atoms with E-state index in [0.717, 1.165) is 25.1 Å². The molecule has 104 valence electrons. The molecule has 1 aliphatic rings. The topological polar surface area (TPSA) is 20.3 Å². The first kappa shape index (κ1) is 14.0. The zero-order valence-electron chi connectivity index (χ0n) is 11.9. The van der Waals surface area contributed by atoms with Crippen molar-refractivity contribution in [3.8, 4) is 0 Å². The van der Waals surface area contributed by atoms with Crippen LogP contribution in [0.2, 0.25) is 0 Å². The van der Waals surface area contributed by atoms with Gasteiger partial charge in [-0.25, -0.2) is 4.39 Å². The second-order valence-corrected chi connectivity index (χ2v) is 6.13. The van der Waals surface area contributed by atoms with E-state index < -0.39 is 5.41 Å². The summed E-state index contributed by atoms with van der Waals surface area (Å²) in [7, 11) is 0. The average Bonchev–Trinajstić information content (AvgIpc) is 2.38. The van der Waals surface area contributed by atoms with Gasteiger partial charge in [-0.2, -0.15) is 0 Å². The summed E-state index contributed by atoms with van der Waals surface area (Å²) in [5.41, 5.74) is 0.280. The van der Waals surface area contributed by atoms with E-state index in [4.69, 9.17) is 0 Å². The van der Waals surface area contributed by atoms with Crippen molar-refractivity contribution in [2.75, 3.05) is 13.1 Å². The van der Waals surface area contributed by atoms with Gasteiger partial charge in [0.05, 0.1) is 5.41 Å². The predicted octanol–water partition coefficient (Wildman–Crippen LogP) is 3.36. The maximum absolute atomic E-state index is 13.0. The van der Waals surface area contributed by atoms with Crippen LogP contribution in [0, 0.1) is 11.7 Å². The molecule has 0 spiro atoms. The highest BCUT2D eigenvalue weighted by atomic mass is 19.1. The highest BCUT2D eigenvalue weighted by Gasteiger charge is 2.35. The number of halogens is 1. The lowest BCUT2D eigenvalue weighted by Crippen LogP contribution is -2.47. The Kier molecular flexibility index (Phi) is 3.93. The molecule has 0 aromatic heterocycles. The molecule has 1 amide bonds. The Balaban J connectivity index is 2.18. The van der Waals surface area contributed by atoms with Crippen LogP contribution in [0.15, 0.2) is 24.3 Å².